The van der Waals surface area contributed by atoms with Crippen LogP contribution < -0.4 is 0 Å². The molecule has 0 aliphatic rings. The molecule has 0 fully saturated rings. The Morgan fingerprint density at radius 2 is 2.10 bits per heavy atom. The van der Waals surface area contributed by atoms with Gasteiger partial charge in [-0.1, -0.05) is 33.1 Å². The van der Waals surface area contributed by atoms with E-state index >= 15 is 0 Å². The van der Waals surface area contributed by atoms with Crippen LogP contribution >= 0.6 is 12.2 Å². The summed E-state index contributed by atoms with van der Waals surface area (Å²) in [6, 6.07) is 0. The third-order valence-corrected chi connectivity index (χ3v) is 2.40. The van der Waals surface area contributed by atoms with Crippen LogP contribution in [0.4, 0.5) is 0 Å². The van der Waals surface area contributed by atoms with Gasteiger partial charge in [0.2, 0.25) is 0 Å². The van der Waals surface area contributed by atoms with Gasteiger partial charge in [0.25, 0.3) is 0 Å². The van der Waals surface area contributed by atoms with E-state index in [0.717, 1.165) is 10.6 Å². The van der Waals surface area contributed by atoms with Crippen LogP contribution in [0.3, 0.4) is 0 Å². The van der Waals surface area contributed by atoms with Gasteiger partial charge in [-0.3, -0.25) is 0 Å². The van der Waals surface area contributed by atoms with Gasteiger partial charge in [-0.05, 0) is 12.3 Å². The van der Waals surface area contributed by atoms with Gasteiger partial charge in [-0.2, -0.15) is 0 Å². The molecule has 1 atom stereocenters. The summed E-state index contributed by atoms with van der Waals surface area (Å²) in [5.74, 6) is 0.518. The van der Waals surface area contributed by atoms with Crippen molar-refractivity contribution in [1.82, 2.24) is 0 Å². The van der Waals surface area contributed by atoms with Crippen molar-refractivity contribution in [2.45, 2.75) is 39.5 Å². The summed E-state index contributed by atoms with van der Waals surface area (Å²) >= 11 is 9.89. The average Bonchev–Trinajstić information content (AvgIpc) is 1.89. The van der Waals surface area contributed by atoms with E-state index < -0.39 is 0 Å². The second kappa shape index (κ2) is 6.05. The molecule has 0 aromatic rings. The molecular weight excluding hydrogens is 160 g/mol. The van der Waals surface area contributed by atoms with Crippen LogP contribution in [0.1, 0.15) is 39.5 Å². The highest BCUT2D eigenvalue weighted by molar-refractivity contribution is 8.00. The highest BCUT2D eigenvalue weighted by Gasteiger charge is 2.01. The molecule has 0 nitrogen and oxygen atoms in total. The standard InChI is InChI=1S/C8H16S2/c1-3-5-6-7(4-2)8(9)10/h7H,3-6H2,1-2H3,(H,9,10)/p-1. The predicted octanol–water partition coefficient (Wildman–Crippen LogP) is 3.08. The molecular formula is C8H15S2-. The second-order valence-corrected chi connectivity index (χ2v) is 3.70. The van der Waals surface area contributed by atoms with E-state index in [-0.39, 0.29) is 0 Å². The van der Waals surface area contributed by atoms with Crippen molar-refractivity contribution < 1.29 is 0 Å². The van der Waals surface area contributed by atoms with Crippen molar-refractivity contribution in [1.29, 1.82) is 0 Å². The fourth-order valence-electron chi connectivity index (χ4n) is 0.939. The Hall–Kier alpha value is 0.310. The van der Waals surface area contributed by atoms with Crippen LogP contribution in [0.2, 0.25) is 0 Å². The molecule has 0 heterocycles. The lowest BCUT2D eigenvalue weighted by Gasteiger charge is -2.18. The van der Waals surface area contributed by atoms with Gasteiger partial charge in [-0.15, -0.1) is 4.20 Å². The Balaban J connectivity index is 3.50. The monoisotopic (exact) mass is 175 g/mol. The first-order valence-electron chi connectivity index (χ1n) is 3.93. The molecule has 1 unspecified atom stereocenters. The topological polar surface area (TPSA) is 0 Å². The second-order valence-electron chi connectivity index (χ2n) is 2.57. The number of rotatable bonds is 5. The summed E-state index contributed by atoms with van der Waals surface area (Å²) in [4.78, 5) is 0. The predicted molar refractivity (Wildman–Crippen MR) is 53.3 cm³/mol. The van der Waals surface area contributed by atoms with Gasteiger partial charge in [0.15, 0.2) is 0 Å². The third-order valence-electron chi connectivity index (χ3n) is 1.73. The Labute approximate surface area is 74.8 Å². The van der Waals surface area contributed by atoms with Crippen molar-refractivity contribution in [2.24, 2.45) is 5.92 Å². The number of hydrogen-bond donors (Lipinski definition) is 0. The molecule has 0 aliphatic heterocycles. The number of unbranched alkanes of at least 4 members (excludes halogenated alkanes) is 1. The molecule has 0 aromatic carbocycles. The van der Waals surface area contributed by atoms with Crippen LogP contribution in [0.5, 0.6) is 0 Å². The molecule has 0 radical (unpaired) electrons. The van der Waals surface area contributed by atoms with Crippen LogP contribution in [-0.2, 0) is 12.6 Å². The smallest absolute Gasteiger partial charge is 0.0347 e. The molecule has 0 saturated carbocycles. The van der Waals surface area contributed by atoms with Crippen molar-refractivity contribution in [2.75, 3.05) is 0 Å². The molecule has 0 N–H and O–H groups in total. The molecule has 0 saturated heterocycles. The van der Waals surface area contributed by atoms with Gasteiger partial charge in [0.1, 0.15) is 0 Å². The first-order valence-corrected chi connectivity index (χ1v) is 4.74. The summed E-state index contributed by atoms with van der Waals surface area (Å²) in [5.41, 5.74) is 0. The van der Waals surface area contributed by atoms with Crippen molar-refractivity contribution in [3.8, 4) is 0 Å². The molecule has 10 heavy (non-hydrogen) atoms. The van der Waals surface area contributed by atoms with E-state index in [9.17, 15) is 0 Å². The maximum absolute atomic E-state index is 4.94. The lowest BCUT2D eigenvalue weighted by molar-refractivity contribution is 0.578. The van der Waals surface area contributed by atoms with Crippen LogP contribution in [0.25, 0.3) is 0 Å². The Kier molecular flexibility index (Phi) is 6.24. The van der Waals surface area contributed by atoms with E-state index in [2.05, 4.69) is 13.8 Å². The summed E-state index contributed by atoms with van der Waals surface area (Å²) in [6.07, 6.45) is 4.81. The first-order chi connectivity index (χ1) is 4.72. The minimum atomic E-state index is 0.518. The SMILES string of the molecule is CCCCC(CC)C(=S)[S-]. The largest absolute Gasteiger partial charge is 0.433 e. The maximum atomic E-state index is 4.94. The van der Waals surface area contributed by atoms with E-state index in [1.807, 2.05) is 0 Å². The lowest BCUT2D eigenvalue weighted by Crippen LogP contribution is -2.07. The van der Waals surface area contributed by atoms with Gasteiger partial charge >= 0.3 is 0 Å². The summed E-state index contributed by atoms with van der Waals surface area (Å²) in [5, 5.41) is 0. The van der Waals surface area contributed by atoms with Crippen LogP contribution in [0, 0.1) is 5.92 Å². The maximum Gasteiger partial charge on any atom is -0.0347 e. The van der Waals surface area contributed by atoms with Gasteiger partial charge in [0, 0.05) is 0 Å². The lowest BCUT2D eigenvalue weighted by atomic mass is 10.0. The molecule has 0 spiro atoms. The normalized spacial score (nSPS) is 13.0. The zero-order valence-corrected chi connectivity index (χ0v) is 8.36. The molecule has 0 bridgehead atoms. The minimum Gasteiger partial charge on any atom is -0.433 e. The van der Waals surface area contributed by atoms with Crippen LogP contribution in [0.15, 0.2) is 0 Å². The first kappa shape index (κ1) is 10.3. The summed E-state index contributed by atoms with van der Waals surface area (Å²) in [7, 11) is 0. The van der Waals surface area contributed by atoms with E-state index in [0.29, 0.717) is 5.92 Å². The zero-order chi connectivity index (χ0) is 7.98. The number of hydrogen-bond acceptors (Lipinski definition) is 2. The van der Waals surface area contributed by atoms with E-state index in [4.69, 9.17) is 24.8 Å². The Morgan fingerprint density at radius 1 is 1.50 bits per heavy atom. The molecule has 2 heteroatoms. The summed E-state index contributed by atoms with van der Waals surface area (Å²) < 4.78 is 0.774. The van der Waals surface area contributed by atoms with Gasteiger partial charge in [-0.25, -0.2) is 0 Å². The van der Waals surface area contributed by atoms with Gasteiger partial charge < -0.3 is 24.8 Å². The molecule has 0 amide bonds. The molecule has 60 valence electrons. The highest BCUT2D eigenvalue weighted by Crippen LogP contribution is 2.13. The van der Waals surface area contributed by atoms with Crippen molar-refractivity contribution in [3.05, 3.63) is 0 Å². The zero-order valence-electron chi connectivity index (χ0n) is 6.72. The quantitative estimate of drug-likeness (QED) is 0.465. The number of thiocarbonyl (C=S) groups is 1. The van der Waals surface area contributed by atoms with Crippen LogP contribution in [-0.4, -0.2) is 4.20 Å². The molecule has 0 rings (SSSR count). The molecule has 0 aliphatic carbocycles. The average molecular weight is 175 g/mol. The van der Waals surface area contributed by atoms with Crippen molar-refractivity contribution in [3.63, 3.8) is 0 Å². The Bertz CT molecular complexity index is 99.4. The minimum absolute atomic E-state index is 0.518. The fourth-order valence-corrected chi connectivity index (χ4v) is 1.51. The third kappa shape index (κ3) is 4.18. The van der Waals surface area contributed by atoms with Crippen molar-refractivity contribution >= 4 is 29.0 Å². The van der Waals surface area contributed by atoms with Gasteiger partial charge in [0.05, 0.1) is 0 Å². The summed E-state index contributed by atoms with van der Waals surface area (Å²) in [6.45, 7) is 4.35. The van der Waals surface area contributed by atoms with E-state index in [1.165, 1.54) is 19.3 Å². The fraction of sp³-hybridized carbons (Fsp3) is 0.875. The highest BCUT2D eigenvalue weighted by atomic mass is 32.1. The van der Waals surface area contributed by atoms with E-state index in [1.54, 1.807) is 0 Å². The molecule has 0 aromatic heterocycles. The Morgan fingerprint density at radius 3 is 2.40 bits per heavy atom.